The molecule has 1 fully saturated rings. The van der Waals surface area contributed by atoms with Crippen LogP contribution in [0.5, 0.6) is 0 Å². The van der Waals surface area contributed by atoms with E-state index >= 15 is 0 Å². The van der Waals surface area contributed by atoms with Gasteiger partial charge in [0, 0.05) is 16.6 Å². The normalized spacial score (nSPS) is 23.1. The summed E-state index contributed by atoms with van der Waals surface area (Å²) in [4.78, 5) is 0. The van der Waals surface area contributed by atoms with Crippen LogP contribution in [-0.4, -0.2) is 6.04 Å². The van der Waals surface area contributed by atoms with Crippen molar-refractivity contribution in [2.24, 2.45) is 0 Å². The zero-order valence-electron chi connectivity index (χ0n) is 11.7. The van der Waals surface area contributed by atoms with E-state index < -0.39 is 0 Å². The fraction of sp³-hybridized carbons (Fsp3) is 0.333. The summed E-state index contributed by atoms with van der Waals surface area (Å²) in [6, 6.07) is 20.5. The van der Waals surface area contributed by atoms with Crippen molar-refractivity contribution in [1.29, 1.82) is 0 Å². The van der Waals surface area contributed by atoms with Gasteiger partial charge in [0.15, 0.2) is 0 Å². The Labute approximate surface area is 129 Å². The minimum Gasteiger partial charge on any atom is -0.307 e. The Kier molecular flexibility index (Phi) is 4.23. The van der Waals surface area contributed by atoms with Gasteiger partial charge in [0.25, 0.3) is 0 Å². The van der Waals surface area contributed by atoms with Crippen LogP contribution in [0.3, 0.4) is 0 Å². The SMILES string of the molecule is C[C@H](NC1CC(c2ccccc2)C1)c1cccc(Br)c1. The molecule has 1 N–H and O–H groups in total. The summed E-state index contributed by atoms with van der Waals surface area (Å²) in [5.74, 6) is 0.739. The van der Waals surface area contributed by atoms with Gasteiger partial charge in [-0.2, -0.15) is 0 Å². The third-order valence-electron chi connectivity index (χ3n) is 4.24. The number of hydrogen-bond donors (Lipinski definition) is 1. The molecule has 0 radical (unpaired) electrons. The summed E-state index contributed by atoms with van der Waals surface area (Å²) in [6.07, 6.45) is 2.50. The van der Waals surface area contributed by atoms with Crippen LogP contribution < -0.4 is 5.32 Å². The van der Waals surface area contributed by atoms with Crippen LogP contribution in [0.1, 0.15) is 42.9 Å². The molecule has 20 heavy (non-hydrogen) atoms. The predicted octanol–water partition coefficient (Wildman–Crippen LogP) is 5.05. The van der Waals surface area contributed by atoms with Gasteiger partial charge >= 0.3 is 0 Å². The van der Waals surface area contributed by atoms with E-state index in [1.807, 2.05) is 0 Å². The number of nitrogens with one attached hydrogen (secondary N) is 1. The average molecular weight is 330 g/mol. The molecule has 1 aliphatic rings. The number of hydrogen-bond acceptors (Lipinski definition) is 1. The Bertz CT molecular complexity index is 561. The van der Waals surface area contributed by atoms with Gasteiger partial charge in [0.1, 0.15) is 0 Å². The number of halogens is 1. The summed E-state index contributed by atoms with van der Waals surface area (Å²) in [5, 5.41) is 3.74. The van der Waals surface area contributed by atoms with Crippen LogP contribution in [-0.2, 0) is 0 Å². The first-order chi connectivity index (χ1) is 9.72. The van der Waals surface area contributed by atoms with Crippen LogP contribution in [0.2, 0.25) is 0 Å². The second-order valence-corrected chi connectivity index (χ2v) is 6.63. The smallest absolute Gasteiger partial charge is 0.0294 e. The Morgan fingerprint density at radius 3 is 2.50 bits per heavy atom. The Morgan fingerprint density at radius 2 is 1.80 bits per heavy atom. The Morgan fingerprint density at radius 1 is 1.05 bits per heavy atom. The zero-order valence-corrected chi connectivity index (χ0v) is 13.3. The van der Waals surface area contributed by atoms with E-state index in [1.165, 1.54) is 24.0 Å². The maximum atomic E-state index is 3.74. The van der Waals surface area contributed by atoms with Crippen molar-refractivity contribution in [3.05, 3.63) is 70.2 Å². The summed E-state index contributed by atoms with van der Waals surface area (Å²) in [5.41, 5.74) is 2.84. The van der Waals surface area contributed by atoms with Gasteiger partial charge in [-0.3, -0.25) is 0 Å². The van der Waals surface area contributed by atoms with E-state index in [9.17, 15) is 0 Å². The number of rotatable bonds is 4. The highest BCUT2D eigenvalue weighted by atomic mass is 79.9. The summed E-state index contributed by atoms with van der Waals surface area (Å²) in [6.45, 7) is 2.25. The molecule has 2 aromatic carbocycles. The molecule has 0 bridgehead atoms. The molecule has 104 valence electrons. The maximum Gasteiger partial charge on any atom is 0.0294 e. The second-order valence-electron chi connectivity index (χ2n) is 5.72. The van der Waals surface area contributed by atoms with Gasteiger partial charge in [-0.25, -0.2) is 0 Å². The molecule has 2 aromatic rings. The van der Waals surface area contributed by atoms with Crippen molar-refractivity contribution in [1.82, 2.24) is 5.32 Å². The fourth-order valence-corrected chi connectivity index (χ4v) is 3.39. The van der Waals surface area contributed by atoms with Crippen molar-refractivity contribution in [3.8, 4) is 0 Å². The average Bonchev–Trinajstić information content (AvgIpc) is 2.43. The lowest BCUT2D eigenvalue weighted by atomic mass is 9.75. The molecule has 0 spiro atoms. The first-order valence-electron chi connectivity index (χ1n) is 7.29. The molecule has 0 aliphatic heterocycles. The Hall–Kier alpha value is -1.12. The van der Waals surface area contributed by atoms with Gasteiger partial charge in [-0.1, -0.05) is 58.4 Å². The van der Waals surface area contributed by atoms with Crippen LogP contribution in [0.15, 0.2) is 59.1 Å². The van der Waals surface area contributed by atoms with E-state index in [-0.39, 0.29) is 0 Å². The lowest BCUT2D eigenvalue weighted by Crippen LogP contribution is -2.41. The van der Waals surface area contributed by atoms with E-state index in [0.717, 1.165) is 10.4 Å². The molecule has 1 atom stereocenters. The third kappa shape index (κ3) is 3.13. The molecular weight excluding hydrogens is 310 g/mol. The van der Waals surface area contributed by atoms with Crippen LogP contribution in [0.25, 0.3) is 0 Å². The van der Waals surface area contributed by atoms with Crippen molar-refractivity contribution >= 4 is 15.9 Å². The molecule has 0 heterocycles. The van der Waals surface area contributed by atoms with Crippen LogP contribution in [0, 0.1) is 0 Å². The summed E-state index contributed by atoms with van der Waals surface area (Å²) >= 11 is 3.54. The van der Waals surface area contributed by atoms with E-state index in [1.54, 1.807) is 0 Å². The van der Waals surface area contributed by atoms with Gasteiger partial charge in [-0.05, 0) is 48.9 Å². The number of benzene rings is 2. The minimum absolute atomic E-state index is 0.411. The van der Waals surface area contributed by atoms with E-state index in [0.29, 0.717) is 12.1 Å². The lowest BCUT2D eigenvalue weighted by Gasteiger charge is -2.38. The molecule has 1 saturated carbocycles. The molecule has 0 aromatic heterocycles. The summed E-state index contributed by atoms with van der Waals surface area (Å²) in [7, 11) is 0. The largest absolute Gasteiger partial charge is 0.307 e. The fourth-order valence-electron chi connectivity index (χ4n) is 2.98. The molecule has 2 heteroatoms. The first-order valence-corrected chi connectivity index (χ1v) is 8.08. The van der Waals surface area contributed by atoms with Gasteiger partial charge < -0.3 is 5.32 Å². The molecule has 0 unspecified atom stereocenters. The van der Waals surface area contributed by atoms with Gasteiger partial charge in [0.2, 0.25) is 0 Å². The van der Waals surface area contributed by atoms with E-state index in [2.05, 4.69) is 82.8 Å². The highest BCUT2D eigenvalue weighted by Crippen LogP contribution is 2.37. The molecule has 0 amide bonds. The third-order valence-corrected chi connectivity index (χ3v) is 4.74. The van der Waals surface area contributed by atoms with Crippen LogP contribution >= 0.6 is 15.9 Å². The quantitative estimate of drug-likeness (QED) is 0.827. The maximum absolute atomic E-state index is 3.74. The van der Waals surface area contributed by atoms with Gasteiger partial charge in [-0.15, -0.1) is 0 Å². The highest BCUT2D eigenvalue weighted by molar-refractivity contribution is 9.10. The van der Waals surface area contributed by atoms with Crippen LogP contribution in [0.4, 0.5) is 0 Å². The molecule has 3 rings (SSSR count). The van der Waals surface area contributed by atoms with Crippen molar-refractivity contribution in [2.75, 3.05) is 0 Å². The lowest BCUT2D eigenvalue weighted by molar-refractivity contribution is 0.271. The summed E-state index contributed by atoms with van der Waals surface area (Å²) < 4.78 is 1.15. The minimum atomic E-state index is 0.411. The molecular formula is C18H20BrN. The standard InChI is InChI=1S/C18H20BrN/c1-13(15-8-5-9-17(19)10-15)20-18-11-16(12-18)14-6-3-2-4-7-14/h2-10,13,16,18,20H,11-12H2,1H3/t13-,16?,18?/m0/s1. The molecule has 1 nitrogen and oxygen atoms in total. The highest BCUT2D eigenvalue weighted by Gasteiger charge is 2.30. The molecule has 1 aliphatic carbocycles. The zero-order chi connectivity index (χ0) is 13.9. The van der Waals surface area contributed by atoms with E-state index in [4.69, 9.17) is 0 Å². The van der Waals surface area contributed by atoms with Gasteiger partial charge in [0.05, 0.1) is 0 Å². The first kappa shape index (κ1) is 13.8. The Balaban J connectivity index is 1.54. The topological polar surface area (TPSA) is 12.0 Å². The second kappa shape index (κ2) is 6.11. The predicted molar refractivity (Wildman–Crippen MR) is 87.9 cm³/mol. The van der Waals surface area contributed by atoms with Crippen molar-refractivity contribution in [2.45, 2.75) is 37.8 Å². The van der Waals surface area contributed by atoms with Crippen molar-refractivity contribution < 1.29 is 0 Å². The van der Waals surface area contributed by atoms with Crippen molar-refractivity contribution in [3.63, 3.8) is 0 Å². The molecule has 0 saturated heterocycles. The monoisotopic (exact) mass is 329 g/mol.